The van der Waals surface area contributed by atoms with Crippen molar-refractivity contribution in [2.45, 2.75) is 18.0 Å². The zero-order valence-electron chi connectivity index (χ0n) is 10.8. The van der Waals surface area contributed by atoms with E-state index < -0.39 is 10.0 Å². The van der Waals surface area contributed by atoms with Gasteiger partial charge in [-0.2, -0.15) is 0 Å². The van der Waals surface area contributed by atoms with Gasteiger partial charge in [0.1, 0.15) is 11.2 Å². The summed E-state index contributed by atoms with van der Waals surface area (Å²) in [6.45, 7) is 0.606. The van der Waals surface area contributed by atoms with E-state index in [4.69, 9.17) is 11.6 Å². The standard InChI is InChI=1S/C12H14ClN3O3S/c1-14-7-9-2-3-11(13)12(6-9)20(17,18)15-8-10-4-5-19-16-10/h2-6,14-15H,7-8H2,1H3. The van der Waals surface area contributed by atoms with Gasteiger partial charge in [-0.15, -0.1) is 0 Å². The van der Waals surface area contributed by atoms with Crippen molar-refractivity contribution in [2.24, 2.45) is 0 Å². The third-order valence-corrected chi connectivity index (χ3v) is 4.48. The van der Waals surface area contributed by atoms with Crippen molar-refractivity contribution in [2.75, 3.05) is 7.05 Å². The Hall–Kier alpha value is -1.41. The molecule has 0 amide bonds. The van der Waals surface area contributed by atoms with E-state index in [1.54, 1.807) is 31.3 Å². The van der Waals surface area contributed by atoms with Crippen molar-refractivity contribution in [1.82, 2.24) is 15.2 Å². The van der Waals surface area contributed by atoms with Crippen molar-refractivity contribution in [3.8, 4) is 0 Å². The molecule has 0 bridgehead atoms. The van der Waals surface area contributed by atoms with Crippen LogP contribution in [0.4, 0.5) is 0 Å². The van der Waals surface area contributed by atoms with E-state index in [9.17, 15) is 8.42 Å². The van der Waals surface area contributed by atoms with E-state index in [2.05, 4.69) is 19.7 Å². The monoisotopic (exact) mass is 315 g/mol. The molecule has 0 aliphatic rings. The first kappa shape index (κ1) is 15.0. The Bertz CT molecular complexity index is 671. The number of rotatable bonds is 6. The molecule has 8 heteroatoms. The molecular formula is C12H14ClN3O3S. The maximum atomic E-state index is 12.2. The number of sulfonamides is 1. The van der Waals surface area contributed by atoms with Gasteiger partial charge in [-0.3, -0.25) is 0 Å². The number of hydrogen-bond donors (Lipinski definition) is 2. The van der Waals surface area contributed by atoms with Crippen LogP contribution in [0, 0.1) is 0 Å². The lowest BCUT2D eigenvalue weighted by molar-refractivity contribution is 0.411. The zero-order valence-corrected chi connectivity index (χ0v) is 12.3. The van der Waals surface area contributed by atoms with E-state index in [1.165, 1.54) is 6.26 Å². The first-order valence-electron chi connectivity index (χ1n) is 5.85. The minimum absolute atomic E-state index is 0.0470. The fraction of sp³-hybridized carbons (Fsp3) is 0.250. The highest BCUT2D eigenvalue weighted by Crippen LogP contribution is 2.22. The third kappa shape index (κ3) is 3.57. The minimum Gasteiger partial charge on any atom is -0.364 e. The Morgan fingerprint density at radius 3 is 2.75 bits per heavy atom. The van der Waals surface area contributed by atoms with Crippen LogP contribution in [0.3, 0.4) is 0 Å². The number of nitrogens with zero attached hydrogens (tertiary/aromatic N) is 1. The van der Waals surface area contributed by atoms with Crippen molar-refractivity contribution in [3.05, 3.63) is 46.8 Å². The maximum absolute atomic E-state index is 12.2. The van der Waals surface area contributed by atoms with Crippen molar-refractivity contribution in [1.29, 1.82) is 0 Å². The van der Waals surface area contributed by atoms with Gasteiger partial charge in [-0.25, -0.2) is 13.1 Å². The Kier molecular flexibility index (Phi) is 4.77. The van der Waals surface area contributed by atoms with Crippen LogP contribution in [0.15, 0.2) is 39.9 Å². The van der Waals surface area contributed by atoms with Crippen LogP contribution >= 0.6 is 11.6 Å². The Morgan fingerprint density at radius 1 is 1.30 bits per heavy atom. The van der Waals surface area contributed by atoms with Gasteiger partial charge in [0.15, 0.2) is 0 Å². The molecule has 0 unspecified atom stereocenters. The zero-order chi connectivity index (χ0) is 14.6. The molecule has 2 N–H and O–H groups in total. The summed E-state index contributed by atoms with van der Waals surface area (Å²) in [6.07, 6.45) is 1.38. The molecule has 0 saturated carbocycles. The molecule has 0 spiro atoms. The predicted octanol–water partition coefficient (Wildman–Crippen LogP) is 1.53. The van der Waals surface area contributed by atoms with Crippen molar-refractivity contribution < 1.29 is 12.9 Å². The van der Waals surface area contributed by atoms with Gasteiger partial charge in [0.2, 0.25) is 10.0 Å². The SMILES string of the molecule is CNCc1ccc(Cl)c(S(=O)(=O)NCc2ccon2)c1. The van der Waals surface area contributed by atoms with Gasteiger partial charge < -0.3 is 9.84 Å². The molecule has 0 aliphatic carbocycles. The number of hydrogen-bond acceptors (Lipinski definition) is 5. The summed E-state index contributed by atoms with van der Waals surface area (Å²) in [5, 5.41) is 6.77. The summed E-state index contributed by atoms with van der Waals surface area (Å²) < 4.78 is 31.5. The van der Waals surface area contributed by atoms with Gasteiger partial charge in [-0.05, 0) is 24.7 Å². The van der Waals surface area contributed by atoms with Crippen LogP contribution in [-0.4, -0.2) is 20.6 Å². The van der Waals surface area contributed by atoms with Crippen LogP contribution in [0.5, 0.6) is 0 Å². The Balaban J connectivity index is 2.21. The second-order valence-electron chi connectivity index (χ2n) is 4.11. The molecule has 1 heterocycles. The van der Waals surface area contributed by atoms with Gasteiger partial charge in [0, 0.05) is 12.6 Å². The molecule has 0 fully saturated rings. The van der Waals surface area contributed by atoms with E-state index in [-0.39, 0.29) is 16.5 Å². The summed E-state index contributed by atoms with van der Waals surface area (Å²) in [7, 11) is -1.92. The number of halogens is 1. The number of nitrogens with one attached hydrogen (secondary N) is 2. The molecule has 1 aromatic heterocycles. The molecule has 1 aromatic carbocycles. The summed E-state index contributed by atoms with van der Waals surface area (Å²) >= 11 is 5.97. The summed E-state index contributed by atoms with van der Waals surface area (Å²) in [5.74, 6) is 0. The minimum atomic E-state index is -3.70. The van der Waals surface area contributed by atoms with E-state index in [0.717, 1.165) is 5.56 Å². The van der Waals surface area contributed by atoms with Crippen LogP contribution in [0.2, 0.25) is 5.02 Å². The first-order chi connectivity index (χ1) is 9.53. The molecule has 20 heavy (non-hydrogen) atoms. The van der Waals surface area contributed by atoms with E-state index >= 15 is 0 Å². The third-order valence-electron chi connectivity index (χ3n) is 2.60. The van der Waals surface area contributed by atoms with Gasteiger partial charge >= 0.3 is 0 Å². The second kappa shape index (κ2) is 6.36. The summed E-state index contributed by atoms with van der Waals surface area (Å²) in [4.78, 5) is 0.0513. The predicted molar refractivity (Wildman–Crippen MR) is 74.7 cm³/mol. The molecule has 2 rings (SSSR count). The highest BCUT2D eigenvalue weighted by atomic mass is 35.5. The highest BCUT2D eigenvalue weighted by molar-refractivity contribution is 7.89. The molecule has 0 aliphatic heterocycles. The van der Waals surface area contributed by atoms with Gasteiger partial charge in [0.05, 0.1) is 17.3 Å². The van der Waals surface area contributed by atoms with E-state index in [1.807, 2.05) is 0 Å². The molecular weight excluding hydrogens is 302 g/mol. The fourth-order valence-corrected chi connectivity index (χ4v) is 3.19. The second-order valence-corrected chi connectivity index (χ2v) is 6.25. The van der Waals surface area contributed by atoms with Crippen molar-refractivity contribution >= 4 is 21.6 Å². The molecule has 0 atom stereocenters. The highest BCUT2D eigenvalue weighted by Gasteiger charge is 2.18. The summed E-state index contributed by atoms with van der Waals surface area (Å²) in [5.41, 5.74) is 1.33. The normalized spacial score (nSPS) is 11.7. The number of benzene rings is 1. The fourth-order valence-electron chi connectivity index (χ4n) is 1.64. The first-order valence-corrected chi connectivity index (χ1v) is 7.71. The van der Waals surface area contributed by atoms with Crippen LogP contribution < -0.4 is 10.0 Å². The van der Waals surface area contributed by atoms with Crippen LogP contribution in [0.1, 0.15) is 11.3 Å². The molecule has 2 aromatic rings. The smallest absolute Gasteiger partial charge is 0.242 e. The maximum Gasteiger partial charge on any atom is 0.242 e. The van der Waals surface area contributed by atoms with Gasteiger partial charge in [-0.1, -0.05) is 22.8 Å². The van der Waals surface area contributed by atoms with Crippen molar-refractivity contribution in [3.63, 3.8) is 0 Å². The van der Waals surface area contributed by atoms with Crippen LogP contribution in [0.25, 0.3) is 0 Å². The van der Waals surface area contributed by atoms with E-state index in [0.29, 0.717) is 12.2 Å². The molecule has 6 nitrogen and oxygen atoms in total. The largest absolute Gasteiger partial charge is 0.364 e. The quantitative estimate of drug-likeness (QED) is 0.844. The molecule has 108 valence electrons. The lowest BCUT2D eigenvalue weighted by Gasteiger charge is -2.09. The Morgan fingerprint density at radius 2 is 2.10 bits per heavy atom. The van der Waals surface area contributed by atoms with Gasteiger partial charge in [0.25, 0.3) is 0 Å². The molecule has 0 radical (unpaired) electrons. The number of aromatic nitrogens is 1. The lowest BCUT2D eigenvalue weighted by Crippen LogP contribution is -2.24. The Labute approximate surface area is 122 Å². The lowest BCUT2D eigenvalue weighted by atomic mass is 10.2. The topological polar surface area (TPSA) is 84.2 Å². The average Bonchev–Trinajstić information content (AvgIpc) is 2.92. The average molecular weight is 316 g/mol. The summed E-state index contributed by atoms with van der Waals surface area (Å²) in [6, 6.07) is 6.47. The van der Waals surface area contributed by atoms with Crippen LogP contribution in [-0.2, 0) is 23.1 Å². The molecule has 0 saturated heterocycles.